The lowest BCUT2D eigenvalue weighted by molar-refractivity contribution is -0.384. The van der Waals surface area contributed by atoms with Crippen LogP contribution in [0.5, 0.6) is 5.75 Å². The van der Waals surface area contributed by atoms with E-state index in [2.05, 4.69) is 0 Å². The molecule has 0 bridgehead atoms. The number of alkyl halides is 1. The van der Waals surface area contributed by atoms with Gasteiger partial charge in [-0.05, 0) is 24.8 Å². The van der Waals surface area contributed by atoms with E-state index in [4.69, 9.17) is 16.3 Å². The van der Waals surface area contributed by atoms with Gasteiger partial charge >= 0.3 is 0 Å². The molecule has 0 N–H and O–H groups in total. The van der Waals surface area contributed by atoms with Gasteiger partial charge in [-0.2, -0.15) is 0 Å². The second kappa shape index (κ2) is 6.76. The third-order valence-corrected chi connectivity index (χ3v) is 4.18. The van der Waals surface area contributed by atoms with E-state index in [0.717, 1.165) is 12.8 Å². The van der Waals surface area contributed by atoms with Crippen LogP contribution in [0, 0.1) is 16.0 Å². The first-order valence-electron chi connectivity index (χ1n) is 6.74. The van der Waals surface area contributed by atoms with E-state index in [1.807, 2.05) is 0 Å². The SMILES string of the molecule is COc1cc([N+](=O)[O-])ccc1C(=O)N1CCC(CCl)CC1. The van der Waals surface area contributed by atoms with Gasteiger partial charge in [-0.1, -0.05) is 0 Å². The van der Waals surface area contributed by atoms with Crippen LogP contribution >= 0.6 is 11.6 Å². The van der Waals surface area contributed by atoms with Crippen LogP contribution in [0.15, 0.2) is 18.2 Å². The molecule has 0 atom stereocenters. The summed E-state index contributed by atoms with van der Waals surface area (Å²) in [5.74, 6) is 1.14. The molecule has 0 spiro atoms. The summed E-state index contributed by atoms with van der Waals surface area (Å²) in [7, 11) is 1.40. The largest absolute Gasteiger partial charge is 0.496 e. The Bertz CT molecular complexity index is 542. The van der Waals surface area contributed by atoms with Gasteiger partial charge in [-0.15, -0.1) is 11.6 Å². The van der Waals surface area contributed by atoms with Crippen molar-refractivity contribution in [1.82, 2.24) is 4.90 Å². The fraction of sp³-hybridized carbons (Fsp3) is 0.500. The molecule has 1 saturated heterocycles. The van der Waals surface area contributed by atoms with Gasteiger partial charge in [0.15, 0.2) is 0 Å². The van der Waals surface area contributed by atoms with E-state index in [0.29, 0.717) is 30.5 Å². The summed E-state index contributed by atoms with van der Waals surface area (Å²) in [5.41, 5.74) is 0.261. The molecule has 1 aliphatic rings. The minimum Gasteiger partial charge on any atom is -0.496 e. The number of nitro benzene ring substituents is 1. The van der Waals surface area contributed by atoms with Crippen molar-refractivity contribution >= 4 is 23.2 Å². The highest BCUT2D eigenvalue weighted by Crippen LogP contribution is 2.27. The Balaban J connectivity index is 2.17. The number of non-ortho nitro benzene ring substituents is 1. The number of hydrogen-bond donors (Lipinski definition) is 0. The van der Waals surface area contributed by atoms with E-state index in [9.17, 15) is 14.9 Å². The van der Waals surface area contributed by atoms with Crippen molar-refractivity contribution in [1.29, 1.82) is 0 Å². The Morgan fingerprint density at radius 1 is 1.48 bits per heavy atom. The topological polar surface area (TPSA) is 72.7 Å². The molecule has 114 valence electrons. The quantitative estimate of drug-likeness (QED) is 0.487. The number of nitro groups is 1. The highest BCUT2D eigenvalue weighted by molar-refractivity contribution is 6.18. The van der Waals surface area contributed by atoms with Crippen molar-refractivity contribution in [2.75, 3.05) is 26.1 Å². The van der Waals surface area contributed by atoms with Crippen LogP contribution in [-0.2, 0) is 0 Å². The molecule has 0 radical (unpaired) electrons. The lowest BCUT2D eigenvalue weighted by atomic mass is 9.98. The smallest absolute Gasteiger partial charge is 0.273 e. The molecule has 21 heavy (non-hydrogen) atoms. The monoisotopic (exact) mass is 312 g/mol. The number of piperidine rings is 1. The van der Waals surface area contributed by atoms with E-state index in [-0.39, 0.29) is 17.3 Å². The average molecular weight is 313 g/mol. The maximum atomic E-state index is 12.5. The minimum atomic E-state index is -0.511. The van der Waals surface area contributed by atoms with E-state index in [1.165, 1.54) is 25.3 Å². The van der Waals surface area contributed by atoms with Crippen LogP contribution in [0.1, 0.15) is 23.2 Å². The number of methoxy groups -OCH3 is 1. The molecular formula is C14H17ClN2O4. The molecule has 1 aliphatic heterocycles. The van der Waals surface area contributed by atoms with Crippen molar-refractivity contribution in [3.63, 3.8) is 0 Å². The zero-order chi connectivity index (χ0) is 15.4. The Morgan fingerprint density at radius 3 is 2.67 bits per heavy atom. The van der Waals surface area contributed by atoms with Crippen molar-refractivity contribution < 1.29 is 14.5 Å². The molecule has 1 heterocycles. The second-order valence-electron chi connectivity index (χ2n) is 5.03. The average Bonchev–Trinajstić information content (AvgIpc) is 2.53. The molecule has 0 aromatic heterocycles. The molecule has 6 nitrogen and oxygen atoms in total. The number of benzene rings is 1. The summed E-state index contributed by atoms with van der Waals surface area (Å²) < 4.78 is 5.12. The lowest BCUT2D eigenvalue weighted by Gasteiger charge is -2.31. The summed E-state index contributed by atoms with van der Waals surface area (Å²) >= 11 is 5.83. The number of likely N-dealkylation sites (tertiary alicyclic amines) is 1. The fourth-order valence-electron chi connectivity index (χ4n) is 2.43. The normalized spacial score (nSPS) is 15.8. The first-order chi connectivity index (χ1) is 10.1. The van der Waals surface area contributed by atoms with Crippen molar-refractivity contribution in [3.8, 4) is 5.75 Å². The molecule has 2 rings (SSSR count). The Hall–Kier alpha value is -1.82. The Kier molecular flexibility index (Phi) is 5.01. The zero-order valence-corrected chi connectivity index (χ0v) is 12.5. The number of rotatable bonds is 4. The van der Waals surface area contributed by atoms with Gasteiger partial charge in [0.2, 0.25) is 0 Å². The molecular weight excluding hydrogens is 296 g/mol. The van der Waals surface area contributed by atoms with Gasteiger partial charge in [0.05, 0.1) is 23.7 Å². The standard InChI is InChI=1S/C14H17ClN2O4/c1-21-13-8-11(17(19)20)2-3-12(13)14(18)16-6-4-10(9-15)5-7-16/h2-3,8,10H,4-7,9H2,1H3. The van der Waals surface area contributed by atoms with E-state index in [1.54, 1.807) is 4.90 Å². The van der Waals surface area contributed by atoms with Gasteiger partial charge < -0.3 is 9.64 Å². The van der Waals surface area contributed by atoms with Crippen molar-refractivity contribution in [2.45, 2.75) is 12.8 Å². The number of halogens is 1. The van der Waals surface area contributed by atoms with E-state index >= 15 is 0 Å². The molecule has 7 heteroatoms. The van der Waals surface area contributed by atoms with Gasteiger partial charge in [-0.25, -0.2) is 0 Å². The van der Waals surface area contributed by atoms with Gasteiger partial charge in [0, 0.05) is 25.0 Å². The number of carbonyl (C=O) groups is 1. The zero-order valence-electron chi connectivity index (χ0n) is 11.8. The van der Waals surface area contributed by atoms with Crippen LogP contribution in [0.3, 0.4) is 0 Å². The maximum Gasteiger partial charge on any atom is 0.273 e. The molecule has 1 amide bonds. The highest BCUT2D eigenvalue weighted by atomic mass is 35.5. The molecule has 1 aromatic rings. The summed E-state index contributed by atoms with van der Waals surface area (Å²) in [5, 5.41) is 10.8. The Morgan fingerprint density at radius 2 is 2.14 bits per heavy atom. The van der Waals surface area contributed by atoms with Gasteiger partial charge in [0.25, 0.3) is 11.6 Å². The number of amides is 1. The first kappa shape index (κ1) is 15.6. The summed E-state index contributed by atoms with van der Waals surface area (Å²) in [6.07, 6.45) is 1.76. The van der Waals surface area contributed by atoms with Crippen LogP contribution in [0.2, 0.25) is 0 Å². The predicted molar refractivity (Wildman–Crippen MR) is 79.0 cm³/mol. The maximum absolute atomic E-state index is 12.5. The fourth-order valence-corrected chi connectivity index (χ4v) is 2.74. The van der Waals surface area contributed by atoms with Gasteiger partial charge in [-0.3, -0.25) is 14.9 Å². The van der Waals surface area contributed by atoms with Crippen LogP contribution in [0.4, 0.5) is 5.69 Å². The Labute approximate surface area is 127 Å². The van der Waals surface area contributed by atoms with E-state index < -0.39 is 4.92 Å². The minimum absolute atomic E-state index is 0.0933. The van der Waals surface area contributed by atoms with Crippen LogP contribution < -0.4 is 4.74 Å². The number of ether oxygens (including phenoxy) is 1. The molecule has 1 aromatic carbocycles. The molecule has 0 unspecified atom stereocenters. The number of nitrogens with zero attached hydrogens (tertiary/aromatic N) is 2. The van der Waals surface area contributed by atoms with Crippen LogP contribution in [-0.4, -0.2) is 41.8 Å². The molecule has 0 saturated carbocycles. The number of hydrogen-bond acceptors (Lipinski definition) is 4. The predicted octanol–water partition coefficient (Wildman–Crippen LogP) is 2.69. The first-order valence-corrected chi connectivity index (χ1v) is 7.28. The van der Waals surface area contributed by atoms with Crippen LogP contribution in [0.25, 0.3) is 0 Å². The lowest BCUT2D eigenvalue weighted by Crippen LogP contribution is -2.39. The second-order valence-corrected chi connectivity index (χ2v) is 5.34. The third kappa shape index (κ3) is 3.44. The van der Waals surface area contributed by atoms with Crippen molar-refractivity contribution in [3.05, 3.63) is 33.9 Å². The number of carbonyl (C=O) groups excluding carboxylic acids is 1. The summed E-state index contributed by atoms with van der Waals surface area (Å²) in [4.78, 5) is 24.5. The summed E-state index contributed by atoms with van der Waals surface area (Å²) in [6, 6.07) is 4.05. The van der Waals surface area contributed by atoms with Gasteiger partial charge in [0.1, 0.15) is 5.75 Å². The van der Waals surface area contributed by atoms with Crippen molar-refractivity contribution in [2.24, 2.45) is 5.92 Å². The molecule has 1 fully saturated rings. The summed E-state index contributed by atoms with van der Waals surface area (Å²) in [6.45, 7) is 1.30. The highest BCUT2D eigenvalue weighted by Gasteiger charge is 2.26. The third-order valence-electron chi connectivity index (χ3n) is 3.75. The molecule has 0 aliphatic carbocycles.